The maximum Gasteiger partial charge on any atom is 0.261 e. The Morgan fingerprint density at radius 3 is 2.43 bits per heavy atom. The smallest absolute Gasteiger partial charge is 0.261 e. The van der Waals surface area contributed by atoms with E-state index in [0.717, 1.165) is 5.82 Å². The molecule has 1 aromatic heterocycles. The van der Waals surface area contributed by atoms with Crippen molar-refractivity contribution in [1.82, 2.24) is 19.4 Å². The van der Waals surface area contributed by atoms with E-state index in [9.17, 15) is 9.59 Å². The number of amides is 1. The molecule has 0 bridgehead atoms. The predicted octanol–water partition coefficient (Wildman–Crippen LogP) is 3.99. The first kappa shape index (κ1) is 25.0. The fraction of sp³-hybridized carbons (Fsp3) is 0.423. The summed E-state index contributed by atoms with van der Waals surface area (Å²) in [6.45, 7) is 8.44. The topological polar surface area (TPSA) is 76.9 Å². The normalized spacial score (nSPS) is 17.4. The van der Waals surface area contributed by atoms with Crippen LogP contribution in [0.25, 0.3) is 10.9 Å². The third-order valence-electron chi connectivity index (χ3n) is 6.70. The molecule has 1 fully saturated rings. The molecule has 1 amide bonds. The molecule has 1 aliphatic heterocycles. The van der Waals surface area contributed by atoms with Gasteiger partial charge in [-0.05, 0) is 51.1 Å². The van der Waals surface area contributed by atoms with Crippen LogP contribution in [0, 0.1) is 0 Å². The molecule has 186 valence electrons. The van der Waals surface area contributed by atoms with Crippen molar-refractivity contribution >= 4 is 28.4 Å². The summed E-state index contributed by atoms with van der Waals surface area (Å²) in [6, 6.07) is 10.3. The molecule has 8 nitrogen and oxygen atoms in total. The van der Waals surface area contributed by atoms with Crippen LogP contribution in [-0.4, -0.2) is 65.2 Å². The lowest BCUT2D eigenvalue weighted by Crippen LogP contribution is -2.54. The van der Waals surface area contributed by atoms with Gasteiger partial charge in [0.05, 0.1) is 31.2 Å². The SMILES string of the molecule is CCn1c(C(C)N2CCN(C(=O)c3cc(OC)cc(OC)c3)C(C)C2)nc2ccc(Cl)cc2c1=O. The largest absolute Gasteiger partial charge is 0.497 e. The molecule has 0 aliphatic carbocycles. The van der Waals surface area contributed by atoms with Crippen molar-refractivity contribution in [3.8, 4) is 11.5 Å². The molecular weight excluding hydrogens is 468 g/mol. The molecule has 0 spiro atoms. The number of hydrogen-bond acceptors (Lipinski definition) is 6. The highest BCUT2D eigenvalue weighted by Gasteiger charge is 2.32. The Morgan fingerprint density at radius 1 is 1.14 bits per heavy atom. The first-order valence-corrected chi connectivity index (χ1v) is 12.1. The van der Waals surface area contributed by atoms with Gasteiger partial charge in [-0.1, -0.05) is 11.6 Å². The first-order chi connectivity index (χ1) is 16.8. The fourth-order valence-electron chi connectivity index (χ4n) is 4.73. The minimum Gasteiger partial charge on any atom is -0.497 e. The summed E-state index contributed by atoms with van der Waals surface area (Å²) in [4.78, 5) is 35.5. The zero-order valence-corrected chi connectivity index (χ0v) is 21.5. The Hall–Kier alpha value is -3.10. The van der Waals surface area contributed by atoms with Gasteiger partial charge in [0.15, 0.2) is 0 Å². The Bertz CT molecular complexity index is 1290. The van der Waals surface area contributed by atoms with E-state index in [2.05, 4.69) is 11.8 Å². The van der Waals surface area contributed by atoms with Gasteiger partial charge < -0.3 is 14.4 Å². The molecule has 9 heteroatoms. The predicted molar refractivity (Wildman–Crippen MR) is 137 cm³/mol. The monoisotopic (exact) mass is 498 g/mol. The van der Waals surface area contributed by atoms with Crippen LogP contribution in [0.1, 0.15) is 43.0 Å². The van der Waals surface area contributed by atoms with Crippen LogP contribution in [0.4, 0.5) is 0 Å². The Kier molecular flexibility index (Phi) is 7.33. The van der Waals surface area contributed by atoms with Crippen molar-refractivity contribution in [2.45, 2.75) is 39.4 Å². The molecule has 2 aromatic carbocycles. The van der Waals surface area contributed by atoms with E-state index in [-0.39, 0.29) is 23.6 Å². The van der Waals surface area contributed by atoms with E-state index in [1.807, 2.05) is 18.7 Å². The van der Waals surface area contributed by atoms with Crippen molar-refractivity contribution in [3.63, 3.8) is 0 Å². The van der Waals surface area contributed by atoms with Crippen molar-refractivity contribution < 1.29 is 14.3 Å². The van der Waals surface area contributed by atoms with Crippen molar-refractivity contribution in [3.05, 3.63) is 63.2 Å². The van der Waals surface area contributed by atoms with Gasteiger partial charge in [-0.15, -0.1) is 0 Å². The highest BCUT2D eigenvalue weighted by molar-refractivity contribution is 6.31. The summed E-state index contributed by atoms with van der Waals surface area (Å²) in [7, 11) is 3.13. The number of carbonyl (C=O) groups excluding carboxylic acids is 1. The van der Waals surface area contributed by atoms with E-state index in [4.69, 9.17) is 26.1 Å². The van der Waals surface area contributed by atoms with Gasteiger partial charge in [0.2, 0.25) is 0 Å². The summed E-state index contributed by atoms with van der Waals surface area (Å²) in [5, 5.41) is 1.04. The standard InChI is InChI=1S/C26H31ClN4O4/c1-6-30-24(28-23-8-7-19(27)13-22(23)26(30)33)17(3)29-9-10-31(16(2)15-29)25(32)18-11-20(34-4)14-21(12-18)35-5/h7-8,11-14,16-17H,6,9-10,15H2,1-5H3. The summed E-state index contributed by atoms with van der Waals surface area (Å²) in [5.74, 6) is 1.81. The number of nitrogens with zero attached hydrogens (tertiary/aromatic N) is 4. The van der Waals surface area contributed by atoms with Crippen LogP contribution in [0.15, 0.2) is 41.2 Å². The summed E-state index contributed by atoms with van der Waals surface area (Å²) >= 11 is 6.11. The molecule has 2 atom stereocenters. The quantitative estimate of drug-likeness (QED) is 0.511. The van der Waals surface area contributed by atoms with E-state index in [0.29, 0.717) is 59.2 Å². The first-order valence-electron chi connectivity index (χ1n) is 11.8. The molecule has 3 aromatic rings. The number of ether oxygens (including phenoxy) is 2. The molecular formula is C26H31ClN4O4. The van der Waals surface area contributed by atoms with Crippen molar-refractivity contribution in [2.24, 2.45) is 0 Å². The molecule has 0 radical (unpaired) electrons. The van der Waals surface area contributed by atoms with Crippen molar-refractivity contribution in [2.75, 3.05) is 33.9 Å². The summed E-state index contributed by atoms with van der Waals surface area (Å²) in [6.07, 6.45) is 0. The van der Waals surface area contributed by atoms with Crippen molar-refractivity contribution in [1.29, 1.82) is 0 Å². The van der Waals surface area contributed by atoms with Crippen LogP contribution in [-0.2, 0) is 6.54 Å². The number of piperazine rings is 1. The molecule has 1 saturated heterocycles. The van der Waals surface area contributed by atoms with Gasteiger partial charge in [-0.2, -0.15) is 0 Å². The van der Waals surface area contributed by atoms with E-state index in [1.165, 1.54) is 0 Å². The van der Waals surface area contributed by atoms with E-state index >= 15 is 0 Å². The van der Waals surface area contributed by atoms with Crippen LogP contribution >= 0.6 is 11.6 Å². The number of carbonyl (C=O) groups is 1. The number of aromatic nitrogens is 2. The maximum atomic E-state index is 13.3. The van der Waals surface area contributed by atoms with Gasteiger partial charge in [-0.3, -0.25) is 19.1 Å². The minimum atomic E-state index is -0.0978. The van der Waals surface area contributed by atoms with E-state index in [1.54, 1.807) is 55.2 Å². The minimum absolute atomic E-state index is 0.0306. The number of halogens is 1. The fourth-order valence-corrected chi connectivity index (χ4v) is 4.91. The molecule has 1 aliphatic rings. The second kappa shape index (κ2) is 10.3. The van der Waals surface area contributed by atoms with Gasteiger partial charge >= 0.3 is 0 Å². The average Bonchev–Trinajstić information content (AvgIpc) is 2.87. The lowest BCUT2D eigenvalue weighted by molar-refractivity contribution is 0.0390. The number of benzene rings is 2. The molecule has 2 unspecified atom stereocenters. The van der Waals surface area contributed by atoms with Crippen LogP contribution < -0.4 is 15.0 Å². The number of methoxy groups -OCH3 is 2. The Morgan fingerprint density at radius 2 is 1.83 bits per heavy atom. The second-order valence-corrected chi connectivity index (χ2v) is 9.24. The van der Waals surface area contributed by atoms with Crippen LogP contribution in [0.3, 0.4) is 0 Å². The average molecular weight is 499 g/mol. The molecule has 4 rings (SSSR count). The van der Waals surface area contributed by atoms with E-state index < -0.39 is 0 Å². The zero-order valence-electron chi connectivity index (χ0n) is 20.7. The molecule has 0 saturated carbocycles. The molecule has 2 heterocycles. The Balaban J connectivity index is 1.57. The summed E-state index contributed by atoms with van der Waals surface area (Å²) < 4.78 is 12.4. The van der Waals surface area contributed by atoms with Gasteiger partial charge in [0.25, 0.3) is 11.5 Å². The third-order valence-corrected chi connectivity index (χ3v) is 6.94. The highest BCUT2D eigenvalue weighted by Crippen LogP contribution is 2.27. The maximum absolute atomic E-state index is 13.3. The number of hydrogen-bond donors (Lipinski definition) is 0. The lowest BCUT2D eigenvalue weighted by atomic mass is 10.1. The molecule has 0 N–H and O–H groups in total. The van der Waals surface area contributed by atoms with Gasteiger partial charge in [0.1, 0.15) is 17.3 Å². The summed E-state index contributed by atoms with van der Waals surface area (Å²) in [5.41, 5.74) is 1.08. The second-order valence-electron chi connectivity index (χ2n) is 8.80. The van der Waals surface area contributed by atoms with Crippen LogP contribution in [0.5, 0.6) is 11.5 Å². The number of rotatable bonds is 6. The number of fused-ring (bicyclic) bond motifs is 1. The Labute approximate surface area is 210 Å². The van der Waals surface area contributed by atoms with Gasteiger partial charge in [0, 0.05) is 48.9 Å². The lowest BCUT2D eigenvalue weighted by Gasteiger charge is -2.42. The molecule has 35 heavy (non-hydrogen) atoms. The van der Waals surface area contributed by atoms with Gasteiger partial charge in [-0.25, -0.2) is 4.98 Å². The third kappa shape index (κ3) is 4.86. The van der Waals surface area contributed by atoms with Crippen LogP contribution in [0.2, 0.25) is 5.02 Å². The highest BCUT2D eigenvalue weighted by atomic mass is 35.5. The zero-order chi connectivity index (χ0) is 25.3.